The third-order valence-electron chi connectivity index (χ3n) is 3.20. The first-order chi connectivity index (χ1) is 9.60. The van der Waals surface area contributed by atoms with Crippen LogP contribution in [0.15, 0.2) is 41.2 Å². The molecule has 6 heteroatoms. The third-order valence-corrected chi connectivity index (χ3v) is 3.20. The fourth-order valence-corrected chi connectivity index (χ4v) is 2.19. The number of H-pyrrole nitrogens is 1. The second-order valence-electron chi connectivity index (χ2n) is 4.35. The predicted octanol–water partition coefficient (Wildman–Crippen LogP) is 2.60. The molecule has 6 nitrogen and oxygen atoms in total. The second kappa shape index (κ2) is 4.34. The first-order valence-electron chi connectivity index (χ1n) is 5.88. The number of benzene rings is 2. The van der Waals surface area contributed by atoms with Crippen molar-refractivity contribution < 1.29 is 9.66 Å². The Kier molecular flexibility index (Phi) is 2.64. The molecule has 1 N–H and O–H groups in total. The molecule has 0 amide bonds. The highest BCUT2D eigenvalue weighted by molar-refractivity contribution is 5.93. The average molecular weight is 270 g/mol. The Morgan fingerprint density at radius 1 is 1.10 bits per heavy atom. The smallest absolute Gasteiger partial charge is 0.271 e. The molecule has 0 unspecified atom stereocenters. The van der Waals surface area contributed by atoms with Crippen LogP contribution in [0.4, 0.5) is 5.69 Å². The predicted molar refractivity (Wildman–Crippen MR) is 75.3 cm³/mol. The van der Waals surface area contributed by atoms with Gasteiger partial charge in [0.15, 0.2) is 5.43 Å². The molecule has 0 bridgehead atoms. The standard InChI is InChI=1S/C14H10N2O4/c1-20-9-3-5-11-13(7-9)15-12-6-8(16(18)19)2-4-10(12)14(11)17/h2-7H,1H3,(H,15,17). The molecule has 1 aromatic heterocycles. The lowest BCUT2D eigenvalue weighted by Gasteiger charge is -2.05. The van der Waals surface area contributed by atoms with E-state index in [0.717, 1.165) is 0 Å². The van der Waals surface area contributed by atoms with Crippen LogP contribution >= 0.6 is 0 Å². The number of nitrogens with zero attached hydrogens (tertiary/aromatic N) is 1. The van der Waals surface area contributed by atoms with Crippen LogP contribution in [0.3, 0.4) is 0 Å². The number of hydrogen-bond donors (Lipinski definition) is 1. The number of aromatic nitrogens is 1. The molecule has 100 valence electrons. The lowest BCUT2D eigenvalue weighted by Crippen LogP contribution is -2.04. The number of non-ortho nitro benzene ring substituents is 1. The zero-order chi connectivity index (χ0) is 14.3. The van der Waals surface area contributed by atoms with Gasteiger partial charge in [-0.15, -0.1) is 0 Å². The van der Waals surface area contributed by atoms with E-state index >= 15 is 0 Å². The van der Waals surface area contributed by atoms with Gasteiger partial charge in [0.25, 0.3) is 5.69 Å². The quantitative estimate of drug-likeness (QED) is 0.440. The minimum Gasteiger partial charge on any atom is -0.497 e. The van der Waals surface area contributed by atoms with Gasteiger partial charge in [-0.05, 0) is 18.2 Å². The number of rotatable bonds is 2. The molecular formula is C14H10N2O4. The zero-order valence-corrected chi connectivity index (χ0v) is 10.5. The van der Waals surface area contributed by atoms with E-state index in [-0.39, 0.29) is 11.1 Å². The number of nitro groups is 1. The first-order valence-corrected chi connectivity index (χ1v) is 5.88. The molecular weight excluding hydrogens is 260 g/mol. The molecule has 1 heterocycles. The van der Waals surface area contributed by atoms with Crippen molar-refractivity contribution in [1.29, 1.82) is 0 Å². The fourth-order valence-electron chi connectivity index (χ4n) is 2.19. The molecule has 3 aromatic rings. The number of pyridine rings is 1. The molecule has 20 heavy (non-hydrogen) atoms. The minimum absolute atomic E-state index is 0.0598. The van der Waals surface area contributed by atoms with Crippen molar-refractivity contribution >= 4 is 27.5 Å². The minimum atomic E-state index is -0.493. The van der Waals surface area contributed by atoms with Crippen molar-refractivity contribution in [3.8, 4) is 5.75 Å². The Balaban J connectivity index is 2.41. The highest BCUT2D eigenvalue weighted by Gasteiger charge is 2.11. The SMILES string of the molecule is COc1ccc2c(=O)c3ccc([N+](=O)[O-])cc3[nH]c2c1. The van der Waals surface area contributed by atoms with E-state index < -0.39 is 4.92 Å². The molecule has 0 aliphatic heterocycles. The Morgan fingerprint density at radius 3 is 2.40 bits per heavy atom. The summed E-state index contributed by atoms with van der Waals surface area (Å²) in [6, 6.07) is 9.22. The topological polar surface area (TPSA) is 85.2 Å². The summed E-state index contributed by atoms with van der Waals surface area (Å²) < 4.78 is 5.11. The van der Waals surface area contributed by atoms with Gasteiger partial charge in [-0.2, -0.15) is 0 Å². The Bertz CT molecular complexity index is 899. The highest BCUT2D eigenvalue weighted by atomic mass is 16.6. The van der Waals surface area contributed by atoms with Gasteiger partial charge in [-0.1, -0.05) is 0 Å². The number of nitro benzene ring substituents is 1. The number of fused-ring (bicyclic) bond motifs is 2. The van der Waals surface area contributed by atoms with Crippen LogP contribution in [0.1, 0.15) is 0 Å². The van der Waals surface area contributed by atoms with E-state index in [1.165, 1.54) is 25.3 Å². The molecule has 0 radical (unpaired) electrons. The van der Waals surface area contributed by atoms with Gasteiger partial charge in [0.1, 0.15) is 5.75 Å². The lowest BCUT2D eigenvalue weighted by atomic mass is 10.1. The fraction of sp³-hybridized carbons (Fsp3) is 0.0714. The van der Waals surface area contributed by atoms with E-state index in [0.29, 0.717) is 27.6 Å². The maximum atomic E-state index is 12.3. The van der Waals surface area contributed by atoms with Gasteiger partial charge in [-0.25, -0.2) is 0 Å². The number of aromatic amines is 1. The average Bonchev–Trinajstić information content (AvgIpc) is 2.46. The summed E-state index contributed by atoms with van der Waals surface area (Å²) in [6.07, 6.45) is 0. The van der Waals surface area contributed by atoms with Crippen LogP contribution < -0.4 is 10.2 Å². The van der Waals surface area contributed by atoms with Crippen LogP contribution in [0.5, 0.6) is 5.75 Å². The van der Waals surface area contributed by atoms with Crippen molar-refractivity contribution in [2.24, 2.45) is 0 Å². The van der Waals surface area contributed by atoms with Crippen LogP contribution in [-0.2, 0) is 0 Å². The van der Waals surface area contributed by atoms with Gasteiger partial charge in [-0.3, -0.25) is 14.9 Å². The normalized spacial score (nSPS) is 10.8. The Labute approximate surface area is 112 Å². The van der Waals surface area contributed by atoms with Crippen molar-refractivity contribution in [2.45, 2.75) is 0 Å². The molecule has 2 aromatic carbocycles. The van der Waals surface area contributed by atoms with Crippen molar-refractivity contribution in [3.05, 3.63) is 56.7 Å². The maximum Gasteiger partial charge on any atom is 0.271 e. The lowest BCUT2D eigenvalue weighted by molar-refractivity contribution is -0.384. The van der Waals surface area contributed by atoms with Crippen LogP contribution in [0, 0.1) is 10.1 Å². The Hall–Kier alpha value is -2.89. The molecule has 0 fully saturated rings. The molecule has 0 aliphatic rings. The van der Waals surface area contributed by atoms with Crippen molar-refractivity contribution in [2.75, 3.05) is 7.11 Å². The van der Waals surface area contributed by atoms with Gasteiger partial charge >= 0.3 is 0 Å². The van der Waals surface area contributed by atoms with Crippen LogP contribution in [0.2, 0.25) is 0 Å². The zero-order valence-electron chi connectivity index (χ0n) is 10.5. The molecule has 3 rings (SSSR count). The summed E-state index contributed by atoms with van der Waals surface area (Å²) in [5.41, 5.74) is 0.800. The maximum absolute atomic E-state index is 12.3. The number of methoxy groups -OCH3 is 1. The number of ether oxygens (including phenoxy) is 1. The summed E-state index contributed by atoms with van der Waals surface area (Å²) >= 11 is 0. The van der Waals surface area contributed by atoms with Gasteiger partial charge in [0, 0.05) is 29.0 Å². The summed E-state index contributed by atoms with van der Waals surface area (Å²) in [5.74, 6) is 0.609. The van der Waals surface area contributed by atoms with Crippen molar-refractivity contribution in [3.63, 3.8) is 0 Å². The summed E-state index contributed by atoms with van der Waals surface area (Å²) in [7, 11) is 1.53. The molecule has 0 spiro atoms. The van der Waals surface area contributed by atoms with E-state index in [4.69, 9.17) is 4.74 Å². The van der Waals surface area contributed by atoms with Crippen LogP contribution in [0.25, 0.3) is 21.8 Å². The van der Waals surface area contributed by atoms with Crippen LogP contribution in [-0.4, -0.2) is 17.0 Å². The highest BCUT2D eigenvalue weighted by Crippen LogP contribution is 2.22. The molecule has 0 aliphatic carbocycles. The largest absolute Gasteiger partial charge is 0.497 e. The summed E-state index contributed by atoms with van der Waals surface area (Å²) in [6.45, 7) is 0. The van der Waals surface area contributed by atoms with E-state index in [9.17, 15) is 14.9 Å². The van der Waals surface area contributed by atoms with E-state index in [2.05, 4.69) is 4.98 Å². The van der Waals surface area contributed by atoms with Gasteiger partial charge < -0.3 is 9.72 Å². The monoisotopic (exact) mass is 270 g/mol. The second-order valence-corrected chi connectivity index (χ2v) is 4.35. The van der Waals surface area contributed by atoms with Gasteiger partial charge in [0.05, 0.1) is 23.1 Å². The first kappa shape index (κ1) is 12.2. The third kappa shape index (κ3) is 1.78. The van der Waals surface area contributed by atoms with E-state index in [1.54, 1.807) is 18.2 Å². The number of hydrogen-bond acceptors (Lipinski definition) is 4. The van der Waals surface area contributed by atoms with E-state index in [1.807, 2.05) is 0 Å². The Morgan fingerprint density at radius 2 is 1.75 bits per heavy atom. The summed E-state index contributed by atoms with van der Waals surface area (Å²) in [4.78, 5) is 25.7. The van der Waals surface area contributed by atoms with Gasteiger partial charge in [0.2, 0.25) is 0 Å². The molecule has 0 saturated heterocycles. The molecule has 0 atom stereocenters. The number of nitrogens with one attached hydrogen (secondary N) is 1. The summed E-state index contributed by atoms with van der Waals surface area (Å²) in [5, 5.41) is 11.7. The van der Waals surface area contributed by atoms with Crippen molar-refractivity contribution in [1.82, 2.24) is 4.98 Å². The molecule has 0 saturated carbocycles.